The van der Waals surface area contributed by atoms with E-state index in [2.05, 4.69) is 13.8 Å². The topological polar surface area (TPSA) is 0 Å². The van der Waals surface area contributed by atoms with Crippen LogP contribution in [0.5, 0.6) is 0 Å². The van der Waals surface area contributed by atoms with Gasteiger partial charge in [-0.1, -0.05) is 26.2 Å². The maximum Gasteiger partial charge on any atom is 2.00 e. The summed E-state index contributed by atoms with van der Waals surface area (Å²) in [5.74, 6) is 2.64. The van der Waals surface area contributed by atoms with Crippen LogP contribution in [0.25, 0.3) is 0 Å². The summed E-state index contributed by atoms with van der Waals surface area (Å²) in [7, 11) is 0. The first-order valence-electron chi connectivity index (χ1n) is 3.63. The van der Waals surface area contributed by atoms with Crippen LogP contribution in [-0.4, -0.2) is 23.1 Å². The van der Waals surface area contributed by atoms with E-state index in [0.717, 1.165) is 5.92 Å². The van der Waals surface area contributed by atoms with E-state index in [4.69, 9.17) is 0 Å². The van der Waals surface area contributed by atoms with Crippen molar-refractivity contribution in [2.45, 2.75) is 39.5 Å². The fourth-order valence-electron chi connectivity index (χ4n) is 1.35. The zero-order valence-electron chi connectivity index (χ0n) is 6.99. The average molecular weight is 262 g/mol. The van der Waals surface area contributed by atoms with Crippen LogP contribution in [0.1, 0.15) is 39.5 Å². The van der Waals surface area contributed by atoms with Crippen molar-refractivity contribution in [2.24, 2.45) is 5.92 Å². The predicted octanol–water partition coefficient (Wildman–Crippen LogP) is -0.586. The van der Waals surface area contributed by atoms with E-state index in [-0.39, 0.29) is 47.0 Å². The maximum atomic E-state index is 2.34. The van der Waals surface area contributed by atoms with Crippen LogP contribution in [0.2, 0.25) is 0 Å². The molecule has 0 nitrogen and oxygen atoms in total. The zero-order valence-corrected chi connectivity index (χ0v) is 10.6. The molecule has 1 rings (SSSR count). The Morgan fingerprint density at radius 1 is 1.30 bits per heavy atom. The summed E-state index contributed by atoms with van der Waals surface area (Å²) in [4.78, 5) is 0. The van der Waals surface area contributed by atoms with Crippen LogP contribution < -0.4 is 24.0 Å². The fraction of sp³-hybridized carbons (Fsp3) is 0.875. The van der Waals surface area contributed by atoms with E-state index >= 15 is 0 Å². The molecule has 0 aromatic heterocycles. The molecular formula is C8H15IMg. The van der Waals surface area contributed by atoms with Gasteiger partial charge in [-0.2, -0.15) is 19.3 Å². The Bertz CT molecular complexity index is 65.7. The first-order chi connectivity index (χ1) is 3.80. The molecular weight excluding hydrogens is 247 g/mol. The molecule has 1 fully saturated rings. The first kappa shape index (κ1) is 14.0. The van der Waals surface area contributed by atoms with Crippen LogP contribution in [0.15, 0.2) is 0 Å². The molecule has 0 N–H and O–H groups in total. The molecule has 0 bridgehead atoms. The maximum absolute atomic E-state index is 2.34. The Balaban J connectivity index is 0. The van der Waals surface area contributed by atoms with Gasteiger partial charge >= 0.3 is 23.1 Å². The summed E-state index contributed by atoms with van der Waals surface area (Å²) < 4.78 is 0. The molecule has 10 heavy (non-hydrogen) atoms. The number of hydrogen-bond acceptors (Lipinski definition) is 0. The second kappa shape index (κ2) is 7.16. The number of rotatable bonds is 0. The largest absolute Gasteiger partial charge is 2.00 e. The minimum Gasteiger partial charge on any atom is -1.00 e. The van der Waals surface area contributed by atoms with Crippen LogP contribution in [0.3, 0.4) is 0 Å². The Morgan fingerprint density at radius 2 is 1.90 bits per heavy atom. The summed E-state index contributed by atoms with van der Waals surface area (Å²) in [6.45, 7) is 4.64. The minimum atomic E-state index is 0. The van der Waals surface area contributed by atoms with Gasteiger partial charge in [0.2, 0.25) is 0 Å². The van der Waals surface area contributed by atoms with Gasteiger partial charge in [0.1, 0.15) is 0 Å². The van der Waals surface area contributed by atoms with E-state index < -0.39 is 0 Å². The monoisotopic (exact) mass is 262 g/mol. The summed E-state index contributed by atoms with van der Waals surface area (Å²) in [5, 5.41) is 0. The molecule has 1 aliphatic rings. The molecule has 2 heteroatoms. The standard InChI is InChI=1S/C8H15.HI.Mg/c1-7-5-3-4-6-8(7)2;;/h7H,3-6H2,1-2H3;1H;/q-1;;+2/p-1. The third kappa shape index (κ3) is 4.39. The number of halogens is 1. The van der Waals surface area contributed by atoms with Crippen molar-refractivity contribution in [2.75, 3.05) is 0 Å². The average Bonchev–Trinajstić information content (AvgIpc) is 1.77. The Morgan fingerprint density at radius 3 is 2.20 bits per heavy atom. The van der Waals surface area contributed by atoms with Gasteiger partial charge in [0.15, 0.2) is 0 Å². The second-order valence-electron chi connectivity index (χ2n) is 2.99. The molecule has 0 aromatic carbocycles. The van der Waals surface area contributed by atoms with Crippen molar-refractivity contribution < 1.29 is 24.0 Å². The molecule has 0 heterocycles. The van der Waals surface area contributed by atoms with Gasteiger partial charge in [0.25, 0.3) is 0 Å². The van der Waals surface area contributed by atoms with E-state index in [1.54, 1.807) is 5.92 Å². The van der Waals surface area contributed by atoms with E-state index in [1.165, 1.54) is 25.7 Å². The van der Waals surface area contributed by atoms with Crippen molar-refractivity contribution in [1.82, 2.24) is 0 Å². The van der Waals surface area contributed by atoms with Gasteiger partial charge in [-0.25, -0.2) is 0 Å². The smallest absolute Gasteiger partial charge is 1.00 e. The Labute approximate surface area is 97.7 Å². The fourth-order valence-corrected chi connectivity index (χ4v) is 1.35. The number of hydrogen-bond donors (Lipinski definition) is 0. The first-order valence-corrected chi connectivity index (χ1v) is 3.63. The van der Waals surface area contributed by atoms with Crippen LogP contribution in [-0.2, 0) is 0 Å². The van der Waals surface area contributed by atoms with E-state index in [0.29, 0.717) is 0 Å². The Kier molecular flexibility index (Phi) is 10.1. The van der Waals surface area contributed by atoms with Crippen molar-refractivity contribution >= 4 is 23.1 Å². The van der Waals surface area contributed by atoms with Gasteiger partial charge in [-0.15, -0.1) is 0 Å². The molecule has 0 radical (unpaired) electrons. The van der Waals surface area contributed by atoms with Gasteiger partial charge in [0.05, 0.1) is 0 Å². The molecule has 0 aromatic rings. The zero-order chi connectivity index (χ0) is 5.98. The van der Waals surface area contributed by atoms with Crippen molar-refractivity contribution in [3.8, 4) is 0 Å². The molecule has 1 unspecified atom stereocenters. The normalized spacial score (nSPS) is 26.4. The molecule has 0 spiro atoms. The summed E-state index contributed by atoms with van der Waals surface area (Å²) in [6.07, 6.45) is 5.72. The molecule has 0 aliphatic heterocycles. The van der Waals surface area contributed by atoms with Gasteiger partial charge in [-0.3, -0.25) is 0 Å². The molecule has 1 aliphatic carbocycles. The third-order valence-corrected chi connectivity index (χ3v) is 2.30. The van der Waals surface area contributed by atoms with Gasteiger partial charge in [-0.05, 0) is 0 Å². The SMILES string of the molecule is C[C-]1CCCCC1C.[I-].[Mg+2]. The molecule has 56 valence electrons. The molecule has 0 saturated heterocycles. The Hall–Kier alpha value is 1.50. The van der Waals surface area contributed by atoms with E-state index in [9.17, 15) is 0 Å². The van der Waals surface area contributed by atoms with E-state index in [1.807, 2.05) is 0 Å². The summed E-state index contributed by atoms with van der Waals surface area (Å²) in [6, 6.07) is 0. The van der Waals surface area contributed by atoms with Crippen molar-refractivity contribution in [3.63, 3.8) is 0 Å². The van der Waals surface area contributed by atoms with Gasteiger partial charge < -0.3 is 29.9 Å². The minimum absolute atomic E-state index is 0. The summed E-state index contributed by atoms with van der Waals surface area (Å²) >= 11 is 0. The van der Waals surface area contributed by atoms with Crippen molar-refractivity contribution in [1.29, 1.82) is 0 Å². The third-order valence-electron chi connectivity index (χ3n) is 2.30. The van der Waals surface area contributed by atoms with Crippen LogP contribution in [0.4, 0.5) is 0 Å². The summed E-state index contributed by atoms with van der Waals surface area (Å²) in [5.41, 5.74) is 0. The molecule has 1 saturated carbocycles. The second-order valence-corrected chi connectivity index (χ2v) is 2.99. The molecule has 0 amide bonds. The van der Waals surface area contributed by atoms with Crippen molar-refractivity contribution in [3.05, 3.63) is 5.92 Å². The predicted molar refractivity (Wildman–Crippen MR) is 42.3 cm³/mol. The van der Waals surface area contributed by atoms with Gasteiger partial charge in [0, 0.05) is 0 Å². The van der Waals surface area contributed by atoms with Crippen LogP contribution >= 0.6 is 0 Å². The molecule has 1 atom stereocenters. The van der Waals surface area contributed by atoms with Crippen LogP contribution in [0, 0.1) is 11.8 Å². The quantitative estimate of drug-likeness (QED) is 0.311.